The minimum Gasteiger partial charge on any atom is -0.398 e. The smallest absolute Gasteiger partial charge is 0.128 e. The first-order valence-corrected chi connectivity index (χ1v) is 5.70. The Balaban J connectivity index is 2.14. The summed E-state index contributed by atoms with van der Waals surface area (Å²) in [6, 6.07) is 11.5. The van der Waals surface area contributed by atoms with Gasteiger partial charge in [0, 0.05) is 25.5 Å². The Morgan fingerprint density at radius 2 is 2.00 bits per heavy atom. The molecule has 0 aliphatic rings. The molecule has 0 saturated carbocycles. The fourth-order valence-electron chi connectivity index (χ4n) is 1.61. The summed E-state index contributed by atoms with van der Waals surface area (Å²) in [6.07, 6.45) is 1.64. The lowest BCUT2D eigenvalue weighted by Gasteiger charge is -2.19. The summed E-state index contributed by atoms with van der Waals surface area (Å²) in [4.78, 5) is 6.29. The van der Waals surface area contributed by atoms with E-state index in [-0.39, 0.29) is 0 Å². The fraction of sp³-hybridized carbons (Fsp3) is 0.154. The van der Waals surface area contributed by atoms with E-state index in [2.05, 4.69) is 4.98 Å². The molecule has 1 heterocycles. The summed E-state index contributed by atoms with van der Waals surface area (Å²) in [5.41, 5.74) is 7.79. The Morgan fingerprint density at radius 1 is 1.24 bits per heavy atom. The molecule has 2 rings (SSSR count). The van der Waals surface area contributed by atoms with Gasteiger partial charge in [0.05, 0.1) is 5.02 Å². The second kappa shape index (κ2) is 5.06. The van der Waals surface area contributed by atoms with Crippen molar-refractivity contribution in [2.45, 2.75) is 6.54 Å². The van der Waals surface area contributed by atoms with E-state index >= 15 is 0 Å². The Hall–Kier alpha value is -1.74. The minimum atomic E-state index is 0.640. The third-order valence-electron chi connectivity index (χ3n) is 2.57. The van der Waals surface area contributed by atoms with Crippen molar-refractivity contribution in [3.05, 3.63) is 53.2 Å². The third-order valence-corrected chi connectivity index (χ3v) is 2.79. The van der Waals surface area contributed by atoms with Crippen molar-refractivity contribution in [3.63, 3.8) is 0 Å². The molecule has 0 unspecified atom stereocenters. The Kier molecular flexibility index (Phi) is 3.49. The molecule has 0 atom stereocenters. The standard InChI is InChI=1S/C13H14ClN3/c1-17(13-7-6-11(14)8-16-13)9-10-4-2-3-5-12(10)15/h2-8H,9,15H2,1H3. The predicted octanol–water partition coefficient (Wildman–Crippen LogP) is 2.95. The van der Waals surface area contributed by atoms with Crippen molar-refractivity contribution < 1.29 is 0 Å². The van der Waals surface area contributed by atoms with Crippen LogP contribution in [0.2, 0.25) is 5.02 Å². The van der Waals surface area contributed by atoms with Crippen LogP contribution >= 0.6 is 11.6 Å². The zero-order chi connectivity index (χ0) is 12.3. The number of halogens is 1. The fourth-order valence-corrected chi connectivity index (χ4v) is 1.72. The lowest BCUT2D eigenvalue weighted by atomic mass is 10.2. The number of hydrogen-bond donors (Lipinski definition) is 1. The lowest BCUT2D eigenvalue weighted by Crippen LogP contribution is -2.18. The van der Waals surface area contributed by atoms with Crippen LogP contribution in [0.4, 0.5) is 11.5 Å². The molecule has 4 heteroatoms. The molecular formula is C13H14ClN3. The molecule has 17 heavy (non-hydrogen) atoms. The van der Waals surface area contributed by atoms with Crippen molar-refractivity contribution in [3.8, 4) is 0 Å². The molecule has 0 saturated heterocycles. The molecule has 1 aromatic carbocycles. The largest absolute Gasteiger partial charge is 0.398 e. The van der Waals surface area contributed by atoms with Gasteiger partial charge in [0.1, 0.15) is 5.82 Å². The van der Waals surface area contributed by atoms with Gasteiger partial charge in [-0.25, -0.2) is 4.98 Å². The van der Waals surface area contributed by atoms with Crippen LogP contribution in [0.3, 0.4) is 0 Å². The number of aromatic nitrogens is 1. The monoisotopic (exact) mass is 247 g/mol. The Morgan fingerprint density at radius 3 is 2.65 bits per heavy atom. The maximum Gasteiger partial charge on any atom is 0.128 e. The number of nitrogens with two attached hydrogens (primary N) is 1. The van der Waals surface area contributed by atoms with E-state index < -0.39 is 0 Å². The number of anilines is 2. The van der Waals surface area contributed by atoms with Gasteiger partial charge in [-0.3, -0.25) is 0 Å². The van der Waals surface area contributed by atoms with Crippen LogP contribution in [-0.2, 0) is 6.54 Å². The molecule has 1 aromatic heterocycles. The number of nitrogens with zero attached hydrogens (tertiary/aromatic N) is 2. The van der Waals surface area contributed by atoms with Gasteiger partial charge in [-0.1, -0.05) is 29.8 Å². The van der Waals surface area contributed by atoms with Crippen LogP contribution in [-0.4, -0.2) is 12.0 Å². The molecule has 0 bridgehead atoms. The maximum atomic E-state index is 5.90. The summed E-state index contributed by atoms with van der Waals surface area (Å²) in [7, 11) is 1.97. The average Bonchev–Trinajstić information content (AvgIpc) is 2.33. The molecule has 0 fully saturated rings. The third kappa shape index (κ3) is 2.88. The Bertz CT molecular complexity index is 496. The molecule has 2 aromatic rings. The van der Waals surface area contributed by atoms with Crippen molar-refractivity contribution in [2.24, 2.45) is 0 Å². The molecule has 2 N–H and O–H groups in total. The number of para-hydroxylation sites is 1. The van der Waals surface area contributed by atoms with Crippen molar-refractivity contribution in [1.82, 2.24) is 4.98 Å². The summed E-state index contributed by atoms with van der Waals surface area (Å²) < 4.78 is 0. The molecule has 0 amide bonds. The summed E-state index contributed by atoms with van der Waals surface area (Å²) in [6.45, 7) is 0.724. The van der Waals surface area contributed by atoms with Gasteiger partial charge in [-0.05, 0) is 23.8 Å². The highest BCUT2D eigenvalue weighted by Crippen LogP contribution is 2.18. The van der Waals surface area contributed by atoms with E-state index in [0.717, 1.165) is 23.6 Å². The predicted molar refractivity (Wildman–Crippen MR) is 72.2 cm³/mol. The molecule has 0 radical (unpaired) electrons. The number of hydrogen-bond acceptors (Lipinski definition) is 3. The van der Waals surface area contributed by atoms with Gasteiger partial charge in [0.2, 0.25) is 0 Å². The number of rotatable bonds is 3. The van der Waals surface area contributed by atoms with Crippen LogP contribution in [0.1, 0.15) is 5.56 Å². The van der Waals surface area contributed by atoms with Crippen LogP contribution in [0, 0.1) is 0 Å². The van der Waals surface area contributed by atoms with Crippen LogP contribution in [0.5, 0.6) is 0 Å². The van der Waals surface area contributed by atoms with E-state index in [1.54, 1.807) is 6.20 Å². The SMILES string of the molecule is CN(Cc1ccccc1N)c1ccc(Cl)cn1. The number of pyridine rings is 1. The van der Waals surface area contributed by atoms with Crippen LogP contribution in [0.15, 0.2) is 42.6 Å². The van der Waals surface area contributed by atoms with Gasteiger partial charge >= 0.3 is 0 Å². The van der Waals surface area contributed by atoms with Crippen molar-refractivity contribution in [1.29, 1.82) is 0 Å². The van der Waals surface area contributed by atoms with Crippen molar-refractivity contribution in [2.75, 3.05) is 17.7 Å². The van der Waals surface area contributed by atoms with E-state index in [1.807, 2.05) is 48.3 Å². The quantitative estimate of drug-likeness (QED) is 0.848. The van der Waals surface area contributed by atoms with E-state index in [1.165, 1.54) is 0 Å². The van der Waals surface area contributed by atoms with Gasteiger partial charge < -0.3 is 10.6 Å². The topological polar surface area (TPSA) is 42.1 Å². The minimum absolute atomic E-state index is 0.640. The zero-order valence-corrected chi connectivity index (χ0v) is 10.4. The van der Waals surface area contributed by atoms with E-state index in [4.69, 9.17) is 17.3 Å². The van der Waals surface area contributed by atoms with Crippen LogP contribution in [0.25, 0.3) is 0 Å². The molecule has 0 spiro atoms. The first-order chi connectivity index (χ1) is 8.16. The number of benzene rings is 1. The normalized spacial score (nSPS) is 10.2. The first kappa shape index (κ1) is 11.7. The van der Waals surface area contributed by atoms with Gasteiger partial charge in [0.15, 0.2) is 0 Å². The van der Waals surface area contributed by atoms with Crippen LogP contribution < -0.4 is 10.6 Å². The lowest BCUT2D eigenvalue weighted by molar-refractivity contribution is 0.900. The molecule has 88 valence electrons. The second-order valence-electron chi connectivity index (χ2n) is 3.89. The highest BCUT2D eigenvalue weighted by atomic mass is 35.5. The molecular weight excluding hydrogens is 234 g/mol. The Labute approximate surface area is 106 Å². The maximum absolute atomic E-state index is 5.90. The van der Waals surface area contributed by atoms with Gasteiger partial charge in [0.25, 0.3) is 0 Å². The summed E-state index contributed by atoms with van der Waals surface area (Å²) in [5, 5.41) is 0.640. The van der Waals surface area contributed by atoms with E-state index in [0.29, 0.717) is 5.02 Å². The molecule has 3 nitrogen and oxygen atoms in total. The highest BCUT2D eigenvalue weighted by molar-refractivity contribution is 6.30. The average molecular weight is 248 g/mol. The van der Waals surface area contributed by atoms with Crippen molar-refractivity contribution >= 4 is 23.1 Å². The highest BCUT2D eigenvalue weighted by Gasteiger charge is 2.05. The summed E-state index contributed by atoms with van der Waals surface area (Å²) >= 11 is 5.80. The van der Waals surface area contributed by atoms with E-state index in [9.17, 15) is 0 Å². The summed E-state index contributed by atoms with van der Waals surface area (Å²) in [5.74, 6) is 0.873. The second-order valence-corrected chi connectivity index (χ2v) is 4.33. The zero-order valence-electron chi connectivity index (χ0n) is 9.60. The van der Waals surface area contributed by atoms with Gasteiger partial charge in [-0.15, -0.1) is 0 Å². The molecule has 0 aliphatic carbocycles. The molecule has 0 aliphatic heterocycles. The first-order valence-electron chi connectivity index (χ1n) is 5.33. The van der Waals surface area contributed by atoms with Gasteiger partial charge in [-0.2, -0.15) is 0 Å². The number of nitrogen functional groups attached to an aromatic ring is 1.